The maximum atomic E-state index is 12.9. The van der Waals surface area contributed by atoms with Gasteiger partial charge in [0.15, 0.2) is 0 Å². The summed E-state index contributed by atoms with van der Waals surface area (Å²) in [6, 6.07) is 0.135. The van der Waals surface area contributed by atoms with Gasteiger partial charge in [-0.2, -0.15) is 0 Å². The Balaban J connectivity index is 3.15. The van der Waals surface area contributed by atoms with Gasteiger partial charge in [0, 0.05) is 12.8 Å². The summed E-state index contributed by atoms with van der Waals surface area (Å²) in [6.45, 7) is 1.35. The molecular weight excluding hydrogens is 466 g/mol. The lowest BCUT2D eigenvalue weighted by Gasteiger charge is -2.24. The van der Waals surface area contributed by atoms with E-state index in [0.717, 1.165) is 0 Å². The highest BCUT2D eigenvalue weighted by molar-refractivity contribution is 5.96. The Kier molecular flexibility index (Phi) is 11.1. The molecule has 14 heteroatoms. The second-order valence-electron chi connectivity index (χ2n) is 7.78. The maximum absolute atomic E-state index is 12.9. The van der Waals surface area contributed by atoms with Crippen molar-refractivity contribution in [1.29, 1.82) is 0 Å². The number of hydrogen-bond donors (Lipinski definition) is 8. The number of carbonyl (C=O) groups excluding carboxylic acids is 4. The minimum Gasteiger partial charge on any atom is -0.508 e. The van der Waals surface area contributed by atoms with Gasteiger partial charge in [-0.3, -0.25) is 24.0 Å². The van der Waals surface area contributed by atoms with Gasteiger partial charge in [-0.05, 0) is 31.0 Å². The molecule has 0 fully saturated rings. The highest BCUT2D eigenvalue weighted by atomic mass is 16.4. The van der Waals surface area contributed by atoms with Gasteiger partial charge in [0.1, 0.15) is 23.9 Å². The van der Waals surface area contributed by atoms with Crippen molar-refractivity contribution in [2.45, 2.75) is 56.8 Å². The molecule has 10 N–H and O–H groups in total. The molecule has 0 aromatic heterocycles. The molecule has 1 rings (SSSR count). The Hall–Kier alpha value is -4.20. The maximum Gasteiger partial charge on any atom is 0.326 e. The van der Waals surface area contributed by atoms with Crippen LogP contribution >= 0.6 is 0 Å². The molecule has 4 unspecified atom stereocenters. The molecule has 0 radical (unpaired) electrons. The zero-order valence-electron chi connectivity index (χ0n) is 18.9. The van der Waals surface area contributed by atoms with E-state index in [9.17, 15) is 39.0 Å². The third-order valence-corrected chi connectivity index (χ3v) is 4.72. The SMILES string of the molecule is CC(N)C(=O)NC(CC(N)=O)C(=O)NC(Cc1ccc(O)cc1)C(=O)NC(CCC(=O)O)C(=O)O. The Morgan fingerprint density at radius 3 is 1.86 bits per heavy atom. The number of carboxylic acid groups (broad SMARTS) is 2. The number of amides is 4. The third-order valence-electron chi connectivity index (χ3n) is 4.72. The third kappa shape index (κ3) is 10.5. The minimum absolute atomic E-state index is 0.0569. The molecule has 0 aliphatic rings. The van der Waals surface area contributed by atoms with Gasteiger partial charge in [-0.25, -0.2) is 4.79 Å². The van der Waals surface area contributed by atoms with Gasteiger partial charge in [0.05, 0.1) is 12.5 Å². The normalized spacial score (nSPS) is 14.0. The summed E-state index contributed by atoms with van der Waals surface area (Å²) in [7, 11) is 0. The molecule has 0 bridgehead atoms. The molecule has 1 aromatic carbocycles. The molecule has 192 valence electrons. The standard InChI is InChI=1S/C21H29N5O9/c1-10(22)18(31)25-15(9-16(23)28)20(33)26-14(8-11-2-4-12(27)5-3-11)19(32)24-13(21(34)35)6-7-17(29)30/h2-5,10,13-15,27H,6-9,22H2,1H3,(H2,23,28)(H,24,32)(H,25,31)(H,26,33)(H,29,30)(H,34,35). The van der Waals surface area contributed by atoms with Gasteiger partial charge in [0.25, 0.3) is 0 Å². The van der Waals surface area contributed by atoms with Crippen molar-refractivity contribution in [1.82, 2.24) is 16.0 Å². The molecule has 0 aliphatic heterocycles. The number of carbonyl (C=O) groups is 6. The summed E-state index contributed by atoms with van der Waals surface area (Å²) in [4.78, 5) is 71.3. The van der Waals surface area contributed by atoms with Crippen LogP contribution in [0.5, 0.6) is 5.75 Å². The van der Waals surface area contributed by atoms with Gasteiger partial charge in [0.2, 0.25) is 23.6 Å². The Bertz CT molecular complexity index is 949. The molecule has 0 saturated carbocycles. The molecule has 0 heterocycles. The quantitative estimate of drug-likeness (QED) is 0.135. The van der Waals surface area contributed by atoms with Crippen LogP contribution in [0, 0.1) is 0 Å². The van der Waals surface area contributed by atoms with Crippen LogP contribution in [-0.4, -0.2) is 75.1 Å². The van der Waals surface area contributed by atoms with E-state index in [0.29, 0.717) is 5.56 Å². The first-order valence-corrected chi connectivity index (χ1v) is 10.5. The van der Waals surface area contributed by atoms with Crippen molar-refractivity contribution >= 4 is 35.6 Å². The summed E-state index contributed by atoms with van der Waals surface area (Å²) in [6.07, 6.45) is -1.72. The van der Waals surface area contributed by atoms with Crippen molar-refractivity contribution in [3.8, 4) is 5.75 Å². The number of carboxylic acids is 2. The van der Waals surface area contributed by atoms with Crippen LogP contribution in [0.15, 0.2) is 24.3 Å². The Labute approximate surface area is 200 Å². The zero-order chi connectivity index (χ0) is 26.7. The molecule has 0 spiro atoms. The first-order chi connectivity index (χ1) is 16.3. The van der Waals surface area contributed by atoms with Crippen molar-refractivity contribution in [3.05, 3.63) is 29.8 Å². The van der Waals surface area contributed by atoms with Crippen molar-refractivity contribution in [2.24, 2.45) is 11.5 Å². The van der Waals surface area contributed by atoms with Crippen molar-refractivity contribution in [3.63, 3.8) is 0 Å². The van der Waals surface area contributed by atoms with Crippen molar-refractivity contribution in [2.75, 3.05) is 0 Å². The number of aromatic hydroxyl groups is 1. The fourth-order valence-electron chi connectivity index (χ4n) is 2.86. The molecule has 35 heavy (non-hydrogen) atoms. The average molecular weight is 495 g/mol. The molecule has 14 nitrogen and oxygen atoms in total. The second-order valence-corrected chi connectivity index (χ2v) is 7.78. The number of nitrogens with one attached hydrogen (secondary N) is 3. The predicted molar refractivity (Wildman–Crippen MR) is 120 cm³/mol. The molecule has 0 saturated heterocycles. The number of hydrogen-bond acceptors (Lipinski definition) is 8. The number of benzene rings is 1. The topological polar surface area (TPSA) is 251 Å². The Morgan fingerprint density at radius 2 is 1.37 bits per heavy atom. The largest absolute Gasteiger partial charge is 0.508 e. The summed E-state index contributed by atoms with van der Waals surface area (Å²) >= 11 is 0. The van der Waals surface area contributed by atoms with E-state index in [1.165, 1.54) is 31.2 Å². The van der Waals surface area contributed by atoms with E-state index in [2.05, 4.69) is 16.0 Å². The second kappa shape index (κ2) is 13.5. The van der Waals surface area contributed by atoms with E-state index in [1.54, 1.807) is 0 Å². The van der Waals surface area contributed by atoms with Gasteiger partial charge in [-0.1, -0.05) is 12.1 Å². The van der Waals surface area contributed by atoms with Crippen LogP contribution in [0.4, 0.5) is 0 Å². The predicted octanol–water partition coefficient (Wildman–Crippen LogP) is -2.44. The van der Waals surface area contributed by atoms with E-state index in [1.807, 2.05) is 0 Å². The first-order valence-electron chi connectivity index (χ1n) is 10.5. The zero-order valence-corrected chi connectivity index (χ0v) is 18.9. The van der Waals surface area contributed by atoms with Gasteiger partial charge < -0.3 is 42.7 Å². The smallest absolute Gasteiger partial charge is 0.326 e. The number of aliphatic carboxylic acids is 2. The van der Waals surface area contributed by atoms with Crippen LogP contribution in [0.3, 0.4) is 0 Å². The van der Waals surface area contributed by atoms with Gasteiger partial charge >= 0.3 is 11.9 Å². The van der Waals surface area contributed by atoms with Crippen LogP contribution in [0.2, 0.25) is 0 Å². The fraction of sp³-hybridized carbons (Fsp3) is 0.429. The fourth-order valence-corrected chi connectivity index (χ4v) is 2.86. The van der Waals surface area contributed by atoms with Crippen LogP contribution < -0.4 is 27.4 Å². The lowest BCUT2D eigenvalue weighted by Crippen LogP contribution is -2.58. The lowest BCUT2D eigenvalue weighted by atomic mass is 10.0. The first kappa shape index (κ1) is 28.8. The summed E-state index contributed by atoms with van der Waals surface area (Å²) in [5.41, 5.74) is 11.1. The number of phenolic OH excluding ortho intramolecular Hbond substituents is 1. The average Bonchev–Trinajstić information content (AvgIpc) is 2.76. The molecule has 4 atom stereocenters. The van der Waals surface area contributed by atoms with Crippen LogP contribution in [0.1, 0.15) is 31.7 Å². The van der Waals surface area contributed by atoms with E-state index in [-0.39, 0.29) is 12.2 Å². The number of primary amides is 1. The summed E-state index contributed by atoms with van der Waals surface area (Å²) in [5.74, 6) is -6.41. The minimum atomic E-state index is -1.56. The van der Waals surface area contributed by atoms with E-state index >= 15 is 0 Å². The summed E-state index contributed by atoms with van der Waals surface area (Å²) in [5, 5.41) is 34.4. The molecule has 1 aromatic rings. The van der Waals surface area contributed by atoms with Gasteiger partial charge in [-0.15, -0.1) is 0 Å². The Morgan fingerprint density at radius 1 is 0.857 bits per heavy atom. The monoisotopic (exact) mass is 495 g/mol. The van der Waals surface area contributed by atoms with Crippen LogP contribution in [0.25, 0.3) is 0 Å². The molecule has 4 amide bonds. The lowest BCUT2D eigenvalue weighted by molar-refractivity contribution is -0.143. The highest BCUT2D eigenvalue weighted by Gasteiger charge is 2.31. The van der Waals surface area contributed by atoms with E-state index < -0.39 is 79.0 Å². The van der Waals surface area contributed by atoms with Crippen molar-refractivity contribution < 1.29 is 44.1 Å². The number of phenols is 1. The summed E-state index contributed by atoms with van der Waals surface area (Å²) < 4.78 is 0. The number of rotatable bonds is 14. The molecular formula is C21H29N5O9. The van der Waals surface area contributed by atoms with E-state index in [4.69, 9.17) is 16.6 Å². The number of nitrogens with two attached hydrogens (primary N) is 2. The molecule has 0 aliphatic carbocycles. The highest BCUT2D eigenvalue weighted by Crippen LogP contribution is 2.12. The van der Waals surface area contributed by atoms with Crippen LogP contribution in [-0.2, 0) is 35.2 Å².